The molecule has 28 heavy (non-hydrogen) atoms. The van der Waals surface area contributed by atoms with Gasteiger partial charge in [0.05, 0.1) is 18.1 Å². The standard InChI is InChI=1S/C20H29N5O2S/c1-3-10-25-15(2)17(13-21-25)14-24-11-8-16(9-12-24)20-22-18-6-4-5-7-19(18)28(26,27)23-20/h4-7,13,16,20,22-23H,3,8-12,14H2,1-2H3. The topological polar surface area (TPSA) is 79.3 Å². The number of hydrogen-bond acceptors (Lipinski definition) is 5. The lowest BCUT2D eigenvalue weighted by Gasteiger charge is -2.38. The van der Waals surface area contributed by atoms with Crippen molar-refractivity contribution in [3.05, 3.63) is 41.7 Å². The van der Waals surface area contributed by atoms with E-state index >= 15 is 0 Å². The maximum Gasteiger partial charge on any atom is 0.244 e. The number of aryl methyl sites for hydroxylation is 1. The van der Waals surface area contributed by atoms with Crippen molar-refractivity contribution in [2.45, 2.75) is 57.3 Å². The van der Waals surface area contributed by atoms with Crippen LogP contribution >= 0.6 is 0 Å². The van der Waals surface area contributed by atoms with Crippen LogP contribution in [0.5, 0.6) is 0 Å². The summed E-state index contributed by atoms with van der Waals surface area (Å²) in [7, 11) is -3.45. The van der Waals surface area contributed by atoms with E-state index in [4.69, 9.17) is 0 Å². The first-order chi connectivity index (χ1) is 13.5. The number of aromatic nitrogens is 2. The molecule has 4 rings (SSSR count). The van der Waals surface area contributed by atoms with E-state index in [2.05, 4.69) is 38.6 Å². The van der Waals surface area contributed by atoms with Gasteiger partial charge in [-0.1, -0.05) is 19.1 Å². The summed E-state index contributed by atoms with van der Waals surface area (Å²) >= 11 is 0. The van der Waals surface area contributed by atoms with Crippen molar-refractivity contribution in [3.63, 3.8) is 0 Å². The Morgan fingerprint density at radius 1 is 1.21 bits per heavy atom. The third kappa shape index (κ3) is 3.81. The summed E-state index contributed by atoms with van der Waals surface area (Å²) in [5.74, 6) is 0.281. The highest BCUT2D eigenvalue weighted by Crippen LogP contribution is 2.31. The molecular weight excluding hydrogens is 374 g/mol. The number of fused-ring (bicyclic) bond motifs is 1. The number of benzene rings is 1. The quantitative estimate of drug-likeness (QED) is 0.802. The van der Waals surface area contributed by atoms with Crippen LogP contribution in [0.1, 0.15) is 37.4 Å². The van der Waals surface area contributed by atoms with Crippen LogP contribution in [0.25, 0.3) is 0 Å². The number of likely N-dealkylation sites (tertiary alicyclic amines) is 1. The van der Waals surface area contributed by atoms with E-state index in [0.717, 1.165) is 45.4 Å². The van der Waals surface area contributed by atoms with Gasteiger partial charge in [-0.3, -0.25) is 9.58 Å². The van der Waals surface area contributed by atoms with Gasteiger partial charge in [0.25, 0.3) is 0 Å². The van der Waals surface area contributed by atoms with Crippen LogP contribution in [0.3, 0.4) is 0 Å². The first-order valence-corrected chi connectivity index (χ1v) is 11.6. The van der Waals surface area contributed by atoms with E-state index in [1.54, 1.807) is 12.1 Å². The highest BCUT2D eigenvalue weighted by Gasteiger charge is 2.35. The Balaban J connectivity index is 1.37. The molecule has 1 unspecified atom stereocenters. The first-order valence-electron chi connectivity index (χ1n) is 10.1. The molecule has 3 heterocycles. The van der Waals surface area contributed by atoms with Crippen molar-refractivity contribution >= 4 is 15.7 Å². The van der Waals surface area contributed by atoms with Crippen LogP contribution in [0.2, 0.25) is 0 Å². The lowest BCUT2D eigenvalue weighted by molar-refractivity contribution is 0.163. The molecule has 0 amide bonds. The third-order valence-corrected chi connectivity index (χ3v) is 7.41. The van der Waals surface area contributed by atoms with Crippen LogP contribution in [0.15, 0.2) is 35.4 Å². The zero-order valence-electron chi connectivity index (χ0n) is 16.6. The molecule has 1 saturated heterocycles. The monoisotopic (exact) mass is 403 g/mol. The van der Waals surface area contributed by atoms with Gasteiger partial charge in [0.1, 0.15) is 4.90 Å². The predicted molar refractivity (Wildman–Crippen MR) is 109 cm³/mol. The minimum absolute atomic E-state index is 0.240. The zero-order chi connectivity index (χ0) is 19.7. The van der Waals surface area contributed by atoms with Gasteiger partial charge in [-0.15, -0.1) is 0 Å². The van der Waals surface area contributed by atoms with Crippen molar-refractivity contribution in [1.82, 2.24) is 19.4 Å². The number of anilines is 1. The van der Waals surface area contributed by atoms with Gasteiger partial charge in [0.2, 0.25) is 10.0 Å². The molecule has 152 valence electrons. The molecule has 2 aliphatic heterocycles. The molecule has 8 heteroatoms. The fourth-order valence-electron chi connectivity index (χ4n) is 4.22. The second-order valence-electron chi connectivity index (χ2n) is 7.83. The van der Waals surface area contributed by atoms with E-state index in [0.29, 0.717) is 10.6 Å². The van der Waals surface area contributed by atoms with Gasteiger partial charge in [-0.2, -0.15) is 9.82 Å². The van der Waals surface area contributed by atoms with Crippen molar-refractivity contribution in [1.29, 1.82) is 0 Å². The second kappa shape index (κ2) is 7.85. The molecule has 0 aliphatic carbocycles. The Labute approximate surface area is 167 Å². The fourth-order valence-corrected chi connectivity index (χ4v) is 5.61. The molecule has 7 nitrogen and oxygen atoms in total. The molecule has 2 aromatic rings. The van der Waals surface area contributed by atoms with Crippen LogP contribution in [-0.2, 0) is 23.1 Å². The second-order valence-corrected chi connectivity index (χ2v) is 9.51. The van der Waals surface area contributed by atoms with Crippen molar-refractivity contribution < 1.29 is 8.42 Å². The Kier molecular flexibility index (Phi) is 5.44. The summed E-state index contributed by atoms with van der Waals surface area (Å²) in [6.45, 7) is 8.10. The maximum absolute atomic E-state index is 12.6. The Bertz CT molecular complexity index is 932. The number of nitrogens with one attached hydrogen (secondary N) is 2. The molecule has 2 aliphatic rings. The molecule has 1 aromatic carbocycles. The summed E-state index contributed by atoms with van der Waals surface area (Å²) in [6.07, 6.45) is 4.76. The third-order valence-electron chi connectivity index (χ3n) is 5.91. The van der Waals surface area contributed by atoms with E-state index in [9.17, 15) is 8.42 Å². The molecule has 0 spiro atoms. The summed E-state index contributed by atoms with van der Waals surface area (Å²) < 4.78 is 30.0. The first kappa shape index (κ1) is 19.4. The smallest absolute Gasteiger partial charge is 0.244 e. The number of hydrogen-bond donors (Lipinski definition) is 2. The number of piperidine rings is 1. The summed E-state index contributed by atoms with van der Waals surface area (Å²) in [4.78, 5) is 2.78. The van der Waals surface area contributed by atoms with Gasteiger partial charge in [-0.05, 0) is 57.3 Å². The van der Waals surface area contributed by atoms with Crippen molar-refractivity contribution in [2.24, 2.45) is 5.92 Å². The van der Waals surface area contributed by atoms with E-state index in [1.165, 1.54) is 11.3 Å². The van der Waals surface area contributed by atoms with Crippen molar-refractivity contribution in [2.75, 3.05) is 18.4 Å². The number of para-hydroxylation sites is 1. The predicted octanol–water partition coefficient (Wildman–Crippen LogP) is 2.54. The van der Waals surface area contributed by atoms with Crippen LogP contribution in [-0.4, -0.2) is 42.4 Å². The lowest BCUT2D eigenvalue weighted by atomic mass is 9.93. The number of sulfonamides is 1. The van der Waals surface area contributed by atoms with Gasteiger partial charge in [0.15, 0.2) is 0 Å². The van der Waals surface area contributed by atoms with Crippen molar-refractivity contribution in [3.8, 4) is 0 Å². The lowest BCUT2D eigenvalue weighted by Crippen LogP contribution is -2.51. The van der Waals surface area contributed by atoms with E-state index in [-0.39, 0.29) is 12.1 Å². The fraction of sp³-hybridized carbons (Fsp3) is 0.550. The van der Waals surface area contributed by atoms with Crippen LogP contribution in [0, 0.1) is 12.8 Å². The summed E-state index contributed by atoms with van der Waals surface area (Å²) in [6, 6.07) is 7.10. The van der Waals surface area contributed by atoms with Crippen LogP contribution < -0.4 is 10.0 Å². The molecule has 0 saturated carbocycles. The van der Waals surface area contributed by atoms with Crippen LogP contribution in [0.4, 0.5) is 5.69 Å². The van der Waals surface area contributed by atoms with Gasteiger partial charge >= 0.3 is 0 Å². The molecule has 0 radical (unpaired) electrons. The summed E-state index contributed by atoms with van der Waals surface area (Å²) in [5.41, 5.74) is 3.24. The van der Waals surface area contributed by atoms with E-state index in [1.807, 2.05) is 18.3 Å². The molecule has 1 aromatic heterocycles. The molecule has 1 fully saturated rings. The average molecular weight is 404 g/mol. The Morgan fingerprint density at radius 2 is 1.96 bits per heavy atom. The Morgan fingerprint density at radius 3 is 2.71 bits per heavy atom. The zero-order valence-corrected chi connectivity index (χ0v) is 17.4. The minimum Gasteiger partial charge on any atom is -0.368 e. The van der Waals surface area contributed by atoms with Gasteiger partial charge < -0.3 is 5.32 Å². The summed E-state index contributed by atoms with van der Waals surface area (Å²) in [5, 5.41) is 7.89. The minimum atomic E-state index is -3.45. The largest absolute Gasteiger partial charge is 0.368 e. The normalized spacial score (nSPS) is 22.6. The van der Waals surface area contributed by atoms with Gasteiger partial charge in [-0.25, -0.2) is 8.42 Å². The molecule has 0 bridgehead atoms. The Hall–Kier alpha value is -1.90. The number of rotatable bonds is 5. The highest BCUT2D eigenvalue weighted by atomic mass is 32.2. The SMILES string of the molecule is CCCn1ncc(CN2CCC(C3Nc4ccccc4S(=O)(=O)N3)CC2)c1C. The highest BCUT2D eigenvalue weighted by molar-refractivity contribution is 7.89. The van der Waals surface area contributed by atoms with E-state index < -0.39 is 10.0 Å². The van der Waals surface area contributed by atoms with Gasteiger partial charge in [0, 0.05) is 24.3 Å². The maximum atomic E-state index is 12.6. The number of nitrogens with zero attached hydrogens (tertiary/aromatic N) is 3. The molecular formula is C20H29N5O2S. The molecule has 1 atom stereocenters. The molecule has 2 N–H and O–H groups in total. The average Bonchev–Trinajstić information content (AvgIpc) is 3.02.